The molecule has 1 aliphatic heterocycles. The largest absolute Gasteiger partial charge is 0.481 e. The van der Waals surface area contributed by atoms with E-state index < -0.39 is 58.1 Å². The molecule has 0 unspecified atom stereocenters. The van der Waals surface area contributed by atoms with E-state index >= 15 is 0 Å². The number of pyridine rings is 1. The molecule has 0 radical (unpaired) electrons. The predicted octanol–water partition coefficient (Wildman–Crippen LogP) is 8.11. The number of carbonyl (C=O) groups is 2. The molecule has 1 aliphatic rings. The first-order valence-corrected chi connectivity index (χ1v) is 14.5. The van der Waals surface area contributed by atoms with Gasteiger partial charge in [0.05, 0.1) is 34.3 Å². The highest BCUT2D eigenvalue weighted by Crippen LogP contribution is 2.41. The van der Waals surface area contributed by atoms with Crippen molar-refractivity contribution < 1.29 is 45.4 Å². The standard InChI is InChI=1S/C33H34F7N3O3/c1-18-12-24(34)6-7-25(18)26-16-28(43-10-8-20(9-11-43)19(2)29(44)45)41-17-27(26)42(5)30(46)31(3,4)21-13-22(32(35,36)37)15-23(14-21)33(38,39)40/h6-7,12-17,19-20H,8-11H2,1-5H3,(H,44,45)/t19-/m0/s1. The molecular formula is C33H34F7N3O3. The average Bonchev–Trinajstić information content (AvgIpc) is 2.98. The Hall–Kier alpha value is -4.16. The number of rotatable bonds is 7. The van der Waals surface area contributed by atoms with Gasteiger partial charge >= 0.3 is 18.3 Å². The summed E-state index contributed by atoms with van der Waals surface area (Å²) in [6, 6.07) is 6.84. The second-order valence-electron chi connectivity index (χ2n) is 12.3. The number of aliphatic carboxylic acids is 1. The van der Waals surface area contributed by atoms with Crippen molar-refractivity contribution in [2.24, 2.45) is 11.8 Å². The Bertz CT molecular complexity index is 1600. The molecule has 0 aliphatic carbocycles. The summed E-state index contributed by atoms with van der Waals surface area (Å²) in [5, 5.41) is 9.40. The Balaban J connectivity index is 1.76. The SMILES string of the molecule is Cc1cc(F)ccc1-c1cc(N2CCC([C@H](C)C(=O)O)CC2)ncc1N(C)C(=O)C(C)(C)c1cc(C(F)(F)F)cc(C(F)(F)F)c1. The fraction of sp³-hybridized carbons (Fsp3) is 0.424. The number of benzene rings is 2. The van der Waals surface area contributed by atoms with Crippen LogP contribution in [0.4, 0.5) is 42.2 Å². The molecule has 2 heterocycles. The molecule has 1 saturated heterocycles. The summed E-state index contributed by atoms with van der Waals surface area (Å²) in [4.78, 5) is 33.1. The van der Waals surface area contributed by atoms with Crippen molar-refractivity contribution in [3.8, 4) is 11.1 Å². The number of alkyl halides is 6. The number of aromatic nitrogens is 1. The van der Waals surface area contributed by atoms with Crippen molar-refractivity contribution in [2.75, 3.05) is 29.9 Å². The molecule has 4 rings (SSSR count). The van der Waals surface area contributed by atoms with Crippen LogP contribution in [0.1, 0.15) is 55.9 Å². The smallest absolute Gasteiger partial charge is 0.416 e. The summed E-state index contributed by atoms with van der Waals surface area (Å²) >= 11 is 0. The lowest BCUT2D eigenvalue weighted by molar-refractivity contribution is -0.144. The van der Waals surface area contributed by atoms with Gasteiger partial charge < -0.3 is 14.9 Å². The zero-order chi connectivity index (χ0) is 34.4. The predicted molar refractivity (Wildman–Crippen MR) is 159 cm³/mol. The van der Waals surface area contributed by atoms with Gasteiger partial charge in [-0.25, -0.2) is 9.37 Å². The maximum absolute atomic E-state index is 14.1. The van der Waals surface area contributed by atoms with Gasteiger partial charge in [-0.3, -0.25) is 9.59 Å². The molecule has 13 heteroatoms. The third kappa shape index (κ3) is 7.13. The van der Waals surface area contributed by atoms with Crippen molar-refractivity contribution in [1.29, 1.82) is 0 Å². The van der Waals surface area contributed by atoms with Crippen LogP contribution in [0.5, 0.6) is 0 Å². The highest BCUT2D eigenvalue weighted by atomic mass is 19.4. The van der Waals surface area contributed by atoms with E-state index in [-0.39, 0.29) is 17.7 Å². The van der Waals surface area contributed by atoms with Gasteiger partial charge in [-0.05, 0) is 92.6 Å². The first-order chi connectivity index (χ1) is 21.2. The normalized spacial score (nSPS) is 15.5. The van der Waals surface area contributed by atoms with Gasteiger partial charge in [-0.1, -0.05) is 13.0 Å². The van der Waals surface area contributed by atoms with Crippen LogP contribution in [0.25, 0.3) is 11.1 Å². The minimum absolute atomic E-state index is 0.0109. The maximum atomic E-state index is 14.1. The topological polar surface area (TPSA) is 73.7 Å². The molecule has 46 heavy (non-hydrogen) atoms. The highest BCUT2D eigenvalue weighted by Gasteiger charge is 2.41. The van der Waals surface area contributed by atoms with E-state index in [1.54, 1.807) is 19.9 Å². The molecule has 1 aromatic heterocycles. The number of anilines is 2. The van der Waals surface area contributed by atoms with Gasteiger partial charge in [-0.15, -0.1) is 0 Å². The number of nitrogens with zero attached hydrogens (tertiary/aromatic N) is 3. The molecule has 0 bridgehead atoms. The van der Waals surface area contributed by atoms with E-state index in [1.165, 1.54) is 45.3 Å². The van der Waals surface area contributed by atoms with Gasteiger partial charge in [0.15, 0.2) is 0 Å². The lowest BCUT2D eigenvalue weighted by Gasteiger charge is -2.35. The molecule has 0 spiro atoms. The molecule has 1 N–H and O–H groups in total. The molecule has 1 atom stereocenters. The third-order valence-electron chi connectivity index (χ3n) is 8.82. The van der Waals surface area contributed by atoms with Gasteiger partial charge in [0.1, 0.15) is 11.6 Å². The quantitative estimate of drug-likeness (QED) is 0.261. The van der Waals surface area contributed by atoms with E-state index in [2.05, 4.69) is 4.98 Å². The van der Waals surface area contributed by atoms with E-state index in [0.717, 1.165) is 4.90 Å². The number of amides is 1. The Labute approximate surface area is 261 Å². The number of hydrogen-bond acceptors (Lipinski definition) is 4. The molecule has 1 amide bonds. The summed E-state index contributed by atoms with van der Waals surface area (Å²) < 4.78 is 95.8. The third-order valence-corrected chi connectivity index (χ3v) is 8.82. The Morgan fingerprint density at radius 3 is 1.96 bits per heavy atom. The van der Waals surface area contributed by atoms with Crippen LogP contribution in [0.15, 0.2) is 48.7 Å². The first-order valence-electron chi connectivity index (χ1n) is 14.5. The van der Waals surface area contributed by atoms with Crippen LogP contribution in [0.2, 0.25) is 0 Å². The van der Waals surface area contributed by atoms with Crippen LogP contribution < -0.4 is 9.80 Å². The molecule has 3 aromatic rings. The second-order valence-corrected chi connectivity index (χ2v) is 12.3. The summed E-state index contributed by atoms with van der Waals surface area (Å²) in [6.45, 7) is 6.84. The number of hydrogen-bond donors (Lipinski definition) is 1. The summed E-state index contributed by atoms with van der Waals surface area (Å²) in [7, 11) is 1.35. The summed E-state index contributed by atoms with van der Waals surface area (Å²) in [5.74, 6) is -2.20. The van der Waals surface area contributed by atoms with Crippen LogP contribution in [-0.4, -0.2) is 42.1 Å². The molecule has 0 saturated carbocycles. The Kier molecular flexibility index (Phi) is 9.48. The van der Waals surface area contributed by atoms with Crippen molar-refractivity contribution in [3.05, 3.63) is 76.7 Å². The van der Waals surface area contributed by atoms with Crippen LogP contribution >= 0.6 is 0 Å². The van der Waals surface area contributed by atoms with Gasteiger partial charge in [0, 0.05) is 25.7 Å². The average molecular weight is 654 g/mol. The minimum Gasteiger partial charge on any atom is -0.481 e. The maximum Gasteiger partial charge on any atom is 0.416 e. The number of piperidine rings is 1. The van der Waals surface area contributed by atoms with E-state index in [4.69, 9.17) is 0 Å². The molecule has 1 fully saturated rings. The molecule has 6 nitrogen and oxygen atoms in total. The van der Waals surface area contributed by atoms with Crippen molar-refractivity contribution in [1.82, 2.24) is 4.98 Å². The monoisotopic (exact) mass is 653 g/mol. The number of carbonyl (C=O) groups excluding carboxylic acids is 1. The Morgan fingerprint density at radius 1 is 0.913 bits per heavy atom. The van der Waals surface area contributed by atoms with Gasteiger partial charge in [0.2, 0.25) is 5.91 Å². The van der Waals surface area contributed by atoms with Crippen molar-refractivity contribution in [2.45, 2.75) is 58.3 Å². The van der Waals surface area contributed by atoms with Crippen molar-refractivity contribution >= 4 is 23.4 Å². The molecular weight excluding hydrogens is 619 g/mol. The Morgan fingerprint density at radius 2 is 1.46 bits per heavy atom. The van der Waals surface area contributed by atoms with E-state index in [0.29, 0.717) is 60.6 Å². The van der Waals surface area contributed by atoms with E-state index in [1.807, 2.05) is 4.90 Å². The lowest BCUT2D eigenvalue weighted by Crippen LogP contribution is -2.42. The van der Waals surface area contributed by atoms with E-state index in [9.17, 15) is 45.4 Å². The zero-order valence-corrected chi connectivity index (χ0v) is 25.9. The summed E-state index contributed by atoms with van der Waals surface area (Å²) in [6.07, 6.45) is -7.58. The fourth-order valence-electron chi connectivity index (χ4n) is 5.82. The summed E-state index contributed by atoms with van der Waals surface area (Å²) in [5.41, 5.74) is -3.71. The van der Waals surface area contributed by atoms with Crippen molar-refractivity contribution in [3.63, 3.8) is 0 Å². The second kappa shape index (κ2) is 12.6. The number of aryl methyl sites for hydroxylation is 1. The number of carboxylic acid groups (broad SMARTS) is 1. The van der Waals surface area contributed by atoms with Gasteiger partial charge in [0.25, 0.3) is 0 Å². The van der Waals surface area contributed by atoms with Crippen LogP contribution in [-0.2, 0) is 27.4 Å². The zero-order valence-electron chi connectivity index (χ0n) is 25.9. The number of likely N-dealkylation sites (N-methyl/N-ethyl adjacent to an activating group) is 1. The fourth-order valence-corrected chi connectivity index (χ4v) is 5.82. The minimum atomic E-state index is -5.09. The van der Waals surface area contributed by atoms with Crippen LogP contribution in [0.3, 0.4) is 0 Å². The van der Waals surface area contributed by atoms with Crippen LogP contribution in [0, 0.1) is 24.6 Å². The number of carboxylic acids is 1. The molecule has 2 aromatic carbocycles. The molecule has 248 valence electrons. The number of halogens is 7. The van der Waals surface area contributed by atoms with Gasteiger partial charge in [-0.2, -0.15) is 26.3 Å². The lowest BCUT2D eigenvalue weighted by atomic mass is 9.81. The highest BCUT2D eigenvalue weighted by molar-refractivity contribution is 6.03. The first kappa shape index (κ1) is 34.7.